The van der Waals surface area contributed by atoms with Crippen molar-refractivity contribution in [3.8, 4) is 5.88 Å². The maximum Gasteiger partial charge on any atom is 0.251 e. The van der Waals surface area contributed by atoms with Crippen LogP contribution in [-0.2, 0) is 6.61 Å². The Morgan fingerprint density at radius 3 is 2.48 bits per heavy atom. The Kier molecular flexibility index (Phi) is 3.86. The second-order valence-electron chi connectivity index (χ2n) is 4.54. The first-order chi connectivity index (χ1) is 10.1. The summed E-state index contributed by atoms with van der Waals surface area (Å²) in [5, 5.41) is 2.72. The molecule has 0 spiro atoms. The van der Waals surface area contributed by atoms with Gasteiger partial charge in [0.1, 0.15) is 6.61 Å². The molecule has 1 heterocycles. The summed E-state index contributed by atoms with van der Waals surface area (Å²) in [6.07, 6.45) is 0. The van der Waals surface area contributed by atoms with Gasteiger partial charge in [0.15, 0.2) is 0 Å². The van der Waals surface area contributed by atoms with Crippen molar-refractivity contribution in [1.29, 1.82) is 0 Å². The van der Waals surface area contributed by atoms with Crippen molar-refractivity contribution in [3.05, 3.63) is 74.5 Å². The van der Waals surface area contributed by atoms with E-state index < -0.39 is 0 Å². The van der Waals surface area contributed by atoms with Gasteiger partial charge in [-0.3, -0.25) is 9.78 Å². The molecule has 0 saturated carbocycles. The molecule has 0 amide bonds. The first-order valence-corrected chi connectivity index (χ1v) is 7.08. The molecule has 3 rings (SSSR count). The molecule has 106 valence electrons. The molecule has 3 nitrogen and oxygen atoms in total. The van der Waals surface area contributed by atoms with E-state index in [0.717, 1.165) is 10.8 Å². The van der Waals surface area contributed by atoms with Gasteiger partial charge in [0.2, 0.25) is 5.88 Å². The van der Waals surface area contributed by atoms with Crippen LogP contribution in [0.15, 0.2) is 53.3 Å². The van der Waals surface area contributed by atoms with Crippen molar-refractivity contribution in [1.82, 2.24) is 4.98 Å². The number of hydrogen-bond donors (Lipinski definition) is 1. The highest BCUT2D eigenvalue weighted by molar-refractivity contribution is 6.35. The molecular formula is C16H11Cl2NO2. The summed E-state index contributed by atoms with van der Waals surface area (Å²) in [6.45, 7) is 0.183. The van der Waals surface area contributed by atoms with E-state index >= 15 is 0 Å². The fourth-order valence-corrected chi connectivity index (χ4v) is 2.62. The first kappa shape index (κ1) is 14.0. The molecule has 0 bridgehead atoms. The number of benzene rings is 2. The molecule has 3 aromatic rings. The molecule has 0 aliphatic heterocycles. The molecule has 0 aliphatic carbocycles. The Morgan fingerprint density at radius 2 is 1.71 bits per heavy atom. The second-order valence-corrected chi connectivity index (χ2v) is 5.35. The summed E-state index contributed by atoms with van der Waals surface area (Å²) in [4.78, 5) is 14.4. The minimum atomic E-state index is -0.214. The Labute approximate surface area is 131 Å². The lowest BCUT2D eigenvalue weighted by Crippen LogP contribution is -2.08. The second kappa shape index (κ2) is 5.80. The Hall–Kier alpha value is -1.97. The minimum absolute atomic E-state index is 0.183. The molecule has 5 heteroatoms. The number of halogens is 2. The highest BCUT2D eigenvalue weighted by atomic mass is 35.5. The van der Waals surface area contributed by atoms with E-state index in [9.17, 15) is 4.79 Å². The van der Waals surface area contributed by atoms with Crippen LogP contribution in [0.2, 0.25) is 10.0 Å². The first-order valence-electron chi connectivity index (χ1n) is 6.33. The van der Waals surface area contributed by atoms with Crippen LogP contribution in [0.5, 0.6) is 5.88 Å². The Morgan fingerprint density at radius 1 is 1.00 bits per heavy atom. The zero-order valence-corrected chi connectivity index (χ0v) is 12.4. The van der Waals surface area contributed by atoms with Gasteiger partial charge in [-0.25, -0.2) is 0 Å². The van der Waals surface area contributed by atoms with Crippen molar-refractivity contribution >= 4 is 34.0 Å². The van der Waals surface area contributed by atoms with Crippen LogP contribution in [0.4, 0.5) is 0 Å². The lowest BCUT2D eigenvalue weighted by atomic mass is 10.2. The van der Waals surface area contributed by atoms with Crippen LogP contribution in [0.25, 0.3) is 10.8 Å². The summed E-state index contributed by atoms with van der Waals surface area (Å²) in [5.41, 5.74) is 0.476. The summed E-state index contributed by atoms with van der Waals surface area (Å²) < 4.78 is 5.72. The number of rotatable bonds is 3. The average molecular weight is 320 g/mol. The lowest BCUT2D eigenvalue weighted by molar-refractivity contribution is 0.297. The fraction of sp³-hybridized carbons (Fsp3) is 0.0625. The molecule has 1 N–H and O–H groups in total. The standard InChI is InChI=1S/C16H11Cl2NO2/c17-13-6-3-7-14(18)12(13)9-21-16-11-5-2-1-4-10(11)8-15(20)19-16/h1-8H,9H2,(H,19,20). The van der Waals surface area contributed by atoms with Gasteiger partial charge in [-0.1, -0.05) is 47.5 Å². The van der Waals surface area contributed by atoms with Gasteiger partial charge >= 0.3 is 0 Å². The largest absolute Gasteiger partial charge is 0.473 e. The molecule has 0 fully saturated rings. The number of aromatic amines is 1. The number of ether oxygens (including phenoxy) is 1. The molecule has 0 saturated heterocycles. The van der Waals surface area contributed by atoms with Gasteiger partial charge in [-0.2, -0.15) is 0 Å². The highest BCUT2D eigenvalue weighted by Crippen LogP contribution is 2.27. The van der Waals surface area contributed by atoms with Gasteiger partial charge in [-0.15, -0.1) is 0 Å². The van der Waals surface area contributed by atoms with Crippen molar-refractivity contribution < 1.29 is 4.74 Å². The van der Waals surface area contributed by atoms with E-state index in [-0.39, 0.29) is 12.2 Å². The van der Waals surface area contributed by atoms with E-state index in [0.29, 0.717) is 21.5 Å². The Balaban J connectivity index is 1.97. The van der Waals surface area contributed by atoms with Crippen molar-refractivity contribution in [2.24, 2.45) is 0 Å². The normalized spacial score (nSPS) is 10.8. The quantitative estimate of drug-likeness (QED) is 0.776. The van der Waals surface area contributed by atoms with E-state index in [2.05, 4.69) is 4.98 Å². The van der Waals surface area contributed by atoms with Crippen molar-refractivity contribution in [3.63, 3.8) is 0 Å². The van der Waals surface area contributed by atoms with Crippen molar-refractivity contribution in [2.75, 3.05) is 0 Å². The molecule has 1 aromatic heterocycles. The van der Waals surface area contributed by atoms with Gasteiger partial charge in [-0.05, 0) is 23.6 Å². The predicted octanol–water partition coefficient (Wildman–Crippen LogP) is 4.41. The monoisotopic (exact) mass is 319 g/mol. The van der Waals surface area contributed by atoms with Crippen LogP contribution in [-0.4, -0.2) is 4.98 Å². The minimum Gasteiger partial charge on any atom is -0.473 e. The smallest absolute Gasteiger partial charge is 0.251 e. The number of nitrogens with one attached hydrogen (secondary N) is 1. The number of aromatic nitrogens is 1. The number of fused-ring (bicyclic) bond motifs is 1. The van der Waals surface area contributed by atoms with Gasteiger partial charge in [0, 0.05) is 27.1 Å². The molecule has 0 atom stereocenters. The van der Waals surface area contributed by atoms with E-state index in [1.54, 1.807) is 18.2 Å². The molecule has 21 heavy (non-hydrogen) atoms. The van der Waals surface area contributed by atoms with Crippen LogP contribution in [0.1, 0.15) is 5.56 Å². The van der Waals surface area contributed by atoms with Crippen LogP contribution in [0, 0.1) is 0 Å². The summed E-state index contributed by atoms with van der Waals surface area (Å²) in [5.74, 6) is 0.411. The maximum atomic E-state index is 11.7. The Bertz CT molecular complexity index is 838. The van der Waals surface area contributed by atoms with E-state index in [1.165, 1.54) is 6.07 Å². The van der Waals surface area contributed by atoms with Gasteiger partial charge in [0.05, 0.1) is 0 Å². The molecular weight excluding hydrogens is 309 g/mol. The fourth-order valence-electron chi connectivity index (χ4n) is 2.11. The molecule has 0 unspecified atom stereocenters. The maximum absolute atomic E-state index is 11.7. The zero-order valence-electron chi connectivity index (χ0n) is 10.9. The molecule has 0 radical (unpaired) electrons. The summed E-state index contributed by atoms with van der Waals surface area (Å²) >= 11 is 12.2. The van der Waals surface area contributed by atoms with Crippen LogP contribution in [0.3, 0.4) is 0 Å². The van der Waals surface area contributed by atoms with Crippen molar-refractivity contribution in [2.45, 2.75) is 6.61 Å². The van der Waals surface area contributed by atoms with Gasteiger partial charge < -0.3 is 4.74 Å². The topological polar surface area (TPSA) is 42.1 Å². The zero-order chi connectivity index (χ0) is 14.8. The predicted molar refractivity (Wildman–Crippen MR) is 85.4 cm³/mol. The number of pyridine rings is 1. The summed E-state index contributed by atoms with van der Waals surface area (Å²) in [6, 6.07) is 14.3. The van der Waals surface area contributed by atoms with Crippen LogP contribution >= 0.6 is 23.2 Å². The third kappa shape index (κ3) is 2.89. The molecule has 0 aliphatic rings. The average Bonchev–Trinajstić information content (AvgIpc) is 2.46. The number of H-pyrrole nitrogens is 1. The third-order valence-electron chi connectivity index (χ3n) is 3.15. The van der Waals surface area contributed by atoms with Gasteiger partial charge in [0.25, 0.3) is 5.56 Å². The highest BCUT2D eigenvalue weighted by Gasteiger charge is 2.09. The molecule has 2 aromatic carbocycles. The lowest BCUT2D eigenvalue weighted by Gasteiger charge is -2.11. The van der Waals surface area contributed by atoms with E-state index in [1.807, 2.05) is 24.3 Å². The van der Waals surface area contributed by atoms with E-state index in [4.69, 9.17) is 27.9 Å². The summed E-state index contributed by atoms with van der Waals surface area (Å²) in [7, 11) is 0. The van der Waals surface area contributed by atoms with Crippen LogP contribution < -0.4 is 10.3 Å². The SMILES string of the molecule is O=c1cc2ccccc2c(OCc2c(Cl)cccc2Cl)[nH]1. The number of hydrogen-bond acceptors (Lipinski definition) is 2. The third-order valence-corrected chi connectivity index (χ3v) is 3.86.